The van der Waals surface area contributed by atoms with E-state index in [9.17, 15) is 9.90 Å². The SMILES string of the molecule is C[C@@H]1C(=O)c2ccc3c(c2[C@](O)(c2ccc4c(c2)OCO4)[C@H]1C)OCO3. The summed E-state index contributed by atoms with van der Waals surface area (Å²) in [6.07, 6.45) is 0. The number of rotatable bonds is 1. The van der Waals surface area contributed by atoms with Crippen LogP contribution in [0.3, 0.4) is 0 Å². The molecule has 3 atom stereocenters. The molecule has 2 heterocycles. The van der Waals surface area contributed by atoms with Crippen molar-refractivity contribution in [3.05, 3.63) is 47.0 Å². The van der Waals surface area contributed by atoms with E-state index in [1.54, 1.807) is 24.3 Å². The highest BCUT2D eigenvalue weighted by Gasteiger charge is 2.52. The van der Waals surface area contributed by atoms with Crippen LogP contribution in [0.4, 0.5) is 0 Å². The largest absolute Gasteiger partial charge is 0.454 e. The van der Waals surface area contributed by atoms with E-state index in [4.69, 9.17) is 18.9 Å². The Bertz CT molecular complexity index is 936. The van der Waals surface area contributed by atoms with Crippen molar-refractivity contribution in [1.29, 1.82) is 0 Å². The van der Waals surface area contributed by atoms with Crippen molar-refractivity contribution >= 4 is 5.78 Å². The minimum absolute atomic E-state index is 0.00350. The highest BCUT2D eigenvalue weighted by atomic mass is 16.7. The van der Waals surface area contributed by atoms with E-state index < -0.39 is 5.60 Å². The van der Waals surface area contributed by atoms with Gasteiger partial charge in [-0.05, 0) is 29.8 Å². The van der Waals surface area contributed by atoms with E-state index in [2.05, 4.69) is 0 Å². The van der Waals surface area contributed by atoms with Gasteiger partial charge in [0.05, 0.1) is 0 Å². The first kappa shape index (κ1) is 15.5. The second kappa shape index (κ2) is 5.14. The zero-order valence-corrected chi connectivity index (χ0v) is 14.4. The van der Waals surface area contributed by atoms with Crippen molar-refractivity contribution in [2.24, 2.45) is 11.8 Å². The normalized spacial score (nSPS) is 28.2. The van der Waals surface area contributed by atoms with Gasteiger partial charge in [-0.25, -0.2) is 0 Å². The van der Waals surface area contributed by atoms with E-state index in [1.807, 2.05) is 19.9 Å². The summed E-state index contributed by atoms with van der Waals surface area (Å²) in [7, 11) is 0. The lowest BCUT2D eigenvalue weighted by Gasteiger charge is -2.43. The van der Waals surface area contributed by atoms with E-state index in [0.29, 0.717) is 39.7 Å². The number of hydrogen-bond donors (Lipinski definition) is 1. The molecule has 2 aliphatic heterocycles. The molecule has 0 radical (unpaired) electrons. The Morgan fingerprint density at radius 1 is 0.962 bits per heavy atom. The summed E-state index contributed by atoms with van der Waals surface area (Å²) < 4.78 is 22.0. The summed E-state index contributed by atoms with van der Waals surface area (Å²) in [5, 5.41) is 12.0. The first-order chi connectivity index (χ1) is 12.5. The number of ketones is 1. The fourth-order valence-electron chi connectivity index (χ4n) is 4.16. The summed E-state index contributed by atoms with van der Waals surface area (Å²) in [4.78, 5) is 12.9. The molecule has 26 heavy (non-hydrogen) atoms. The summed E-state index contributed by atoms with van der Waals surface area (Å²) in [6.45, 7) is 3.95. The van der Waals surface area contributed by atoms with Crippen LogP contribution in [0.25, 0.3) is 0 Å². The van der Waals surface area contributed by atoms with Crippen LogP contribution in [0.2, 0.25) is 0 Å². The van der Waals surface area contributed by atoms with Crippen LogP contribution in [-0.2, 0) is 5.60 Å². The molecule has 0 unspecified atom stereocenters. The lowest BCUT2D eigenvalue weighted by atomic mass is 9.63. The maximum Gasteiger partial charge on any atom is 0.231 e. The lowest BCUT2D eigenvalue weighted by molar-refractivity contribution is -0.00718. The van der Waals surface area contributed by atoms with Crippen molar-refractivity contribution in [2.75, 3.05) is 13.6 Å². The fraction of sp³-hybridized carbons (Fsp3) is 0.350. The molecule has 1 aliphatic carbocycles. The third kappa shape index (κ3) is 1.82. The van der Waals surface area contributed by atoms with E-state index in [1.165, 1.54) is 0 Å². The standard InChI is InChI=1S/C20H18O6/c1-10-11(2)20(22,12-3-5-14-16(7-12)25-8-23-14)17-13(18(10)21)4-6-15-19(17)26-9-24-15/h3-7,10-11,22H,8-9H2,1-2H3/t10-,11-,20+/m0/s1. The van der Waals surface area contributed by atoms with E-state index in [0.717, 1.165) is 0 Å². The van der Waals surface area contributed by atoms with E-state index in [-0.39, 0.29) is 31.2 Å². The molecule has 0 aromatic heterocycles. The van der Waals surface area contributed by atoms with Gasteiger partial charge in [-0.3, -0.25) is 4.79 Å². The van der Waals surface area contributed by atoms with Crippen LogP contribution >= 0.6 is 0 Å². The molecule has 3 aliphatic rings. The summed E-state index contributed by atoms with van der Waals surface area (Å²) in [5.41, 5.74) is 0.170. The Morgan fingerprint density at radius 3 is 2.50 bits per heavy atom. The molecule has 0 amide bonds. The first-order valence-electron chi connectivity index (χ1n) is 8.61. The van der Waals surface area contributed by atoms with Gasteiger partial charge in [0.2, 0.25) is 13.6 Å². The number of carbonyl (C=O) groups excluding carboxylic acids is 1. The summed E-state index contributed by atoms with van der Waals surface area (Å²) in [5.74, 6) is 1.49. The average Bonchev–Trinajstić information content (AvgIpc) is 3.31. The minimum atomic E-state index is -1.41. The molecule has 6 nitrogen and oxygen atoms in total. The molecule has 2 aromatic carbocycles. The molecule has 134 valence electrons. The van der Waals surface area contributed by atoms with Gasteiger partial charge < -0.3 is 24.1 Å². The van der Waals surface area contributed by atoms with Crippen LogP contribution in [-0.4, -0.2) is 24.5 Å². The quantitative estimate of drug-likeness (QED) is 0.849. The van der Waals surface area contributed by atoms with Gasteiger partial charge in [-0.2, -0.15) is 0 Å². The lowest BCUT2D eigenvalue weighted by Crippen LogP contribution is -2.46. The number of ether oxygens (including phenoxy) is 4. The maximum atomic E-state index is 12.9. The molecule has 0 spiro atoms. The van der Waals surface area contributed by atoms with Crippen molar-refractivity contribution in [3.8, 4) is 23.0 Å². The second-order valence-corrected chi connectivity index (χ2v) is 7.00. The van der Waals surface area contributed by atoms with Crippen molar-refractivity contribution < 1.29 is 28.8 Å². The van der Waals surface area contributed by atoms with Crippen molar-refractivity contribution in [2.45, 2.75) is 19.4 Å². The molecule has 5 rings (SSSR count). The maximum absolute atomic E-state index is 12.9. The number of carbonyl (C=O) groups is 1. The smallest absolute Gasteiger partial charge is 0.231 e. The zero-order chi connectivity index (χ0) is 18.1. The van der Waals surface area contributed by atoms with Crippen LogP contribution in [0.1, 0.15) is 35.3 Å². The number of aliphatic hydroxyl groups is 1. The highest BCUT2D eigenvalue weighted by molar-refractivity contribution is 6.02. The fourth-order valence-corrected chi connectivity index (χ4v) is 4.16. The van der Waals surface area contributed by atoms with Crippen molar-refractivity contribution in [1.82, 2.24) is 0 Å². The zero-order valence-electron chi connectivity index (χ0n) is 14.4. The number of benzene rings is 2. The Hall–Kier alpha value is -2.73. The third-order valence-corrected chi connectivity index (χ3v) is 5.82. The van der Waals surface area contributed by atoms with Gasteiger partial charge in [0, 0.05) is 23.0 Å². The second-order valence-electron chi connectivity index (χ2n) is 7.00. The highest BCUT2D eigenvalue weighted by Crippen LogP contribution is 2.54. The van der Waals surface area contributed by atoms with Gasteiger partial charge >= 0.3 is 0 Å². The topological polar surface area (TPSA) is 74.2 Å². The van der Waals surface area contributed by atoms with Crippen LogP contribution in [0.15, 0.2) is 30.3 Å². The minimum Gasteiger partial charge on any atom is -0.454 e. The Balaban J connectivity index is 1.80. The van der Waals surface area contributed by atoms with Gasteiger partial charge in [0.1, 0.15) is 5.60 Å². The molecule has 2 aromatic rings. The number of Topliss-reactive ketones (excluding diaryl/α,β-unsaturated/α-hetero) is 1. The molecule has 1 N–H and O–H groups in total. The van der Waals surface area contributed by atoms with Gasteiger partial charge in [0.15, 0.2) is 28.8 Å². The average molecular weight is 354 g/mol. The monoisotopic (exact) mass is 354 g/mol. The summed E-state index contributed by atoms with van der Waals surface area (Å²) >= 11 is 0. The van der Waals surface area contributed by atoms with Crippen LogP contribution < -0.4 is 18.9 Å². The number of fused-ring (bicyclic) bond motifs is 4. The van der Waals surface area contributed by atoms with Crippen LogP contribution in [0, 0.1) is 11.8 Å². The molecule has 0 saturated carbocycles. The molecule has 0 fully saturated rings. The Morgan fingerprint density at radius 2 is 1.65 bits per heavy atom. The molecular formula is C20H18O6. The van der Waals surface area contributed by atoms with Crippen molar-refractivity contribution in [3.63, 3.8) is 0 Å². The van der Waals surface area contributed by atoms with Gasteiger partial charge in [0.25, 0.3) is 0 Å². The predicted octanol–water partition coefficient (Wildman–Crippen LogP) is 2.85. The predicted molar refractivity (Wildman–Crippen MR) is 90.8 cm³/mol. The first-order valence-corrected chi connectivity index (χ1v) is 8.61. The van der Waals surface area contributed by atoms with Crippen LogP contribution in [0.5, 0.6) is 23.0 Å². The Labute approximate surface area is 150 Å². The molecule has 0 bridgehead atoms. The van der Waals surface area contributed by atoms with Gasteiger partial charge in [-0.15, -0.1) is 0 Å². The molecule has 0 saturated heterocycles. The molecule has 6 heteroatoms. The summed E-state index contributed by atoms with van der Waals surface area (Å²) in [6, 6.07) is 8.81. The Kier molecular flexibility index (Phi) is 3.07. The van der Waals surface area contributed by atoms with E-state index >= 15 is 0 Å². The molecular weight excluding hydrogens is 336 g/mol. The number of hydrogen-bond acceptors (Lipinski definition) is 6. The third-order valence-electron chi connectivity index (χ3n) is 5.82. The van der Waals surface area contributed by atoms with Gasteiger partial charge in [-0.1, -0.05) is 19.9 Å².